The van der Waals surface area contributed by atoms with Gasteiger partial charge in [0.2, 0.25) is 0 Å². The number of rotatable bonds is 9. The van der Waals surface area contributed by atoms with Gasteiger partial charge < -0.3 is 25.4 Å². The summed E-state index contributed by atoms with van der Waals surface area (Å²) in [6.45, 7) is 2.65. The lowest BCUT2D eigenvalue weighted by Gasteiger charge is -2.14. The van der Waals surface area contributed by atoms with Gasteiger partial charge in [0.05, 0.1) is 13.2 Å². The summed E-state index contributed by atoms with van der Waals surface area (Å²) in [4.78, 5) is 16.7. The van der Waals surface area contributed by atoms with Crippen LogP contribution in [0.1, 0.15) is 34.3 Å². The number of carbonyl (C=O) groups excluding carboxylic acids is 1. The van der Waals surface area contributed by atoms with Gasteiger partial charge in [0.15, 0.2) is 5.96 Å². The number of ether oxygens (including phenoxy) is 2. The molecular weight excluding hydrogens is 392 g/mol. The standard InChI is InChI=1S/C24H32N4O3/c1-25-24(26-13-12-19-8-3-4-11-22(19)30-2)28-16-18-7-5-9-20(15-18)23(29)27-17-21-10-6-14-31-21/h3-5,7-9,11,15,21H,6,10,12-14,16-17H2,1-2H3,(H,27,29)(H2,25,26,28). The maximum Gasteiger partial charge on any atom is 0.251 e. The molecule has 1 fully saturated rings. The van der Waals surface area contributed by atoms with Crippen LogP contribution in [0, 0.1) is 0 Å². The van der Waals surface area contributed by atoms with Crippen molar-refractivity contribution in [2.45, 2.75) is 31.9 Å². The van der Waals surface area contributed by atoms with Gasteiger partial charge in [-0.15, -0.1) is 0 Å². The smallest absolute Gasteiger partial charge is 0.251 e. The van der Waals surface area contributed by atoms with Crippen molar-refractivity contribution in [1.29, 1.82) is 0 Å². The fourth-order valence-corrected chi connectivity index (χ4v) is 3.57. The highest BCUT2D eigenvalue weighted by Crippen LogP contribution is 2.17. The van der Waals surface area contributed by atoms with E-state index in [1.807, 2.05) is 42.5 Å². The van der Waals surface area contributed by atoms with Crippen molar-refractivity contribution in [2.75, 3.05) is 33.9 Å². The Bertz CT molecular complexity index is 879. The van der Waals surface area contributed by atoms with Crippen LogP contribution < -0.4 is 20.7 Å². The number of nitrogens with one attached hydrogen (secondary N) is 3. The summed E-state index contributed by atoms with van der Waals surface area (Å²) in [5.74, 6) is 1.53. The van der Waals surface area contributed by atoms with Crippen LogP contribution >= 0.6 is 0 Å². The van der Waals surface area contributed by atoms with Crippen LogP contribution in [0.5, 0.6) is 5.75 Å². The second-order valence-electron chi connectivity index (χ2n) is 7.46. The lowest BCUT2D eigenvalue weighted by Crippen LogP contribution is -2.38. The second-order valence-corrected chi connectivity index (χ2v) is 7.46. The Balaban J connectivity index is 1.45. The van der Waals surface area contributed by atoms with Crippen LogP contribution in [-0.4, -0.2) is 51.8 Å². The number of hydrogen-bond acceptors (Lipinski definition) is 4. The summed E-state index contributed by atoms with van der Waals surface area (Å²) < 4.78 is 11.0. The van der Waals surface area contributed by atoms with E-state index in [-0.39, 0.29) is 12.0 Å². The molecule has 1 aliphatic heterocycles. The Morgan fingerprint density at radius 2 is 2.03 bits per heavy atom. The van der Waals surface area contributed by atoms with E-state index in [1.165, 1.54) is 0 Å². The van der Waals surface area contributed by atoms with E-state index in [2.05, 4.69) is 27.0 Å². The van der Waals surface area contributed by atoms with Crippen molar-refractivity contribution in [3.05, 3.63) is 65.2 Å². The molecule has 31 heavy (non-hydrogen) atoms. The zero-order valence-electron chi connectivity index (χ0n) is 18.3. The first-order valence-corrected chi connectivity index (χ1v) is 10.7. The van der Waals surface area contributed by atoms with Gasteiger partial charge in [-0.2, -0.15) is 0 Å². The Hall–Kier alpha value is -3.06. The first kappa shape index (κ1) is 22.6. The van der Waals surface area contributed by atoms with Crippen LogP contribution in [0.15, 0.2) is 53.5 Å². The number of methoxy groups -OCH3 is 1. The van der Waals surface area contributed by atoms with E-state index in [1.54, 1.807) is 14.2 Å². The van der Waals surface area contributed by atoms with Gasteiger partial charge in [-0.05, 0) is 48.6 Å². The molecular formula is C24H32N4O3. The van der Waals surface area contributed by atoms with Gasteiger partial charge >= 0.3 is 0 Å². The van der Waals surface area contributed by atoms with E-state index in [0.717, 1.165) is 49.3 Å². The molecule has 0 radical (unpaired) electrons. The molecule has 1 amide bonds. The minimum absolute atomic E-state index is 0.0725. The molecule has 1 heterocycles. The monoisotopic (exact) mass is 424 g/mol. The van der Waals surface area contributed by atoms with Crippen molar-refractivity contribution in [3.63, 3.8) is 0 Å². The average Bonchev–Trinajstić information content (AvgIpc) is 3.34. The summed E-state index contributed by atoms with van der Waals surface area (Å²) in [6, 6.07) is 15.6. The molecule has 2 aromatic carbocycles. The number of aliphatic imine (C=N–C) groups is 1. The van der Waals surface area contributed by atoms with E-state index < -0.39 is 0 Å². The van der Waals surface area contributed by atoms with Crippen molar-refractivity contribution in [3.8, 4) is 5.75 Å². The molecule has 3 N–H and O–H groups in total. The summed E-state index contributed by atoms with van der Waals surface area (Å²) in [6.07, 6.45) is 3.04. The summed E-state index contributed by atoms with van der Waals surface area (Å²) in [5, 5.41) is 9.58. The Labute approximate surface area is 184 Å². The normalized spacial score (nSPS) is 16.1. The number of amides is 1. The predicted octanol–water partition coefficient (Wildman–Crippen LogP) is 2.51. The van der Waals surface area contributed by atoms with E-state index in [0.29, 0.717) is 24.6 Å². The van der Waals surface area contributed by atoms with Gasteiger partial charge in [-0.1, -0.05) is 30.3 Å². The van der Waals surface area contributed by atoms with Gasteiger partial charge in [-0.3, -0.25) is 9.79 Å². The maximum absolute atomic E-state index is 12.4. The van der Waals surface area contributed by atoms with Crippen LogP contribution in [0.25, 0.3) is 0 Å². The largest absolute Gasteiger partial charge is 0.496 e. The first-order valence-electron chi connectivity index (χ1n) is 10.7. The van der Waals surface area contributed by atoms with Crippen molar-refractivity contribution in [2.24, 2.45) is 4.99 Å². The quantitative estimate of drug-likeness (QED) is 0.426. The molecule has 166 valence electrons. The third-order valence-corrected chi connectivity index (χ3v) is 5.27. The molecule has 1 atom stereocenters. The molecule has 1 saturated heterocycles. The average molecular weight is 425 g/mol. The number of para-hydroxylation sites is 1. The number of benzene rings is 2. The molecule has 0 bridgehead atoms. The molecule has 0 spiro atoms. The number of nitrogens with zero attached hydrogens (tertiary/aromatic N) is 1. The maximum atomic E-state index is 12.4. The molecule has 3 rings (SSSR count). The minimum atomic E-state index is -0.0725. The van der Waals surface area contributed by atoms with E-state index >= 15 is 0 Å². The number of hydrogen-bond donors (Lipinski definition) is 3. The summed E-state index contributed by atoms with van der Waals surface area (Å²) >= 11 is 0. The highest BCUT2D eigenvalue weighted by atomic mass is 16.5. The summed E-state index contributed by atoms with van der Waals surface area (Å²) in [7, 11) is 3.43. The van der Waals surface area contributed by atoms with Gasteiger partial charge in [0.25, 0.3) is 5.91 Å². The van der Waals surface area contributed by atoms with Crippen LogP contribution in [0.2, 0.25) is 0 Å². The first-order chi connectivity index (χ1) is 15.2. The number of carbonyl (C=O) groups is 1. The van der Waals surface area contributed by atoms with Crippen LogP contribution in [-0.2, 0) is 17.7 Å². The fraction of sp³-hybridized carbons (Fsp3) is 0.417. The molecule has 1 aliphatic rings. The van der Waals surface area contributed by atoms with Crippen LogP contribution in [0.4, 0.5) is 0 Å². The minimum Gasteiger partial charge on any atom is -0.496 e. The lowest BCUT2D eigenvalue weighted by molar-refractivity contribution is 0.0857. The third kappa shape index (κ3) is 7.00. The molecule has 1 unspecified atom stereocenters. The Kier molecular flexibility index (Phi) is 8.72. The van der Waals surface area contributed by atoms with Crippen molar-refractivity contribution >= 4 is 11.9 Å². The number of guanidine groups is 1. The fourth-order valence-electron chi connectivity index (χ4n) is 3.57. The third-order valence-electron chi connectivity index (χ3n) is 5.27. The highest BCUT2D eigenvalue weighted by molar-refractivity contribution is 5.94. The van der Waals surface area contributed by atoms with Gasteiger partial charge in [-0.25, -0.2) is 0 Å². The lowest BCUT2D eigenvalue weighted by atomic mass is 10.1. The van der Waals surface area contributed by atoms with Gasteiger partial charge in [0, 0.05) is 38.9 Å². The molecule has 0 saturated carbocycles. The van der Waals surface area contributed by atoms with Crippen molar-refractivity contribution < 1.29 is 14.3 Å². The topological polar surface area (TPSA) is 84.0 Å². The second kappa shape index (κ2) is 12.0. The molecule has 7 heteroatoms. The van der Waals surface area contributed by atoms with Crippen molar-refractivity contribution in [1.82, 2.24) is 16.0 Å². The molecule has 2 aromatic rings. The Morgan fingerprint density at radius 3 is 2.81 bits per heavy atom. The predicted molar refractivity (Wildman–Crippen MR) is 123 cm³/mol. The molecule has 0 aliphatic carbocycles. The zero-order valence-corrected chi connectivity index (χ0v) is 18.3. The molecule has 7 nitrogen and oxygen atoms in total. The zero-order chi connectivity index (χ0) is 21.9. The summed E-state index contributed by atoms with van der Waals surface area (Å²) in [5.41, 5.74) is 2.81. The Morgan fingerprint density at radius 1 is 1.16 bits per heavy atom. The van der Waals surface area contributed by atoms with Crippen LogP contribution in [0.3, 0.4) is 0 Å². The highest BCUT2D eigenvalue weighted by Gasteiger charge is 2.16. The van der Waals surface area contributed by atoms with E-state index in [9.17, 15) is 4.79 Å². The van der Waals surface area contributed by atoms with E-state index in [4.69, 9.17) is 9.47 Å². The molecule has 0 aromatic heterocycles. The SMILES string of the molecule is CN=C(NCCc1ccccc1OC)NCc1cccc(C(=O)NCC2CCCO2)c1. The van der Waals surface area contributed by atoms with Gasteiger partial charge in [0.1, 0.15) is 5.75 Å².